The second-order valence-corrected chi connectivity index (χ2v) is 10.5. The average molecular weight is 506 g/mol. The number of imidazole rings is 1. The Hall–Kier alpha value is -3.66. The lowest BCUT2D eigenvalue weighted by atomic mass is 9.92. The molecule has 0 saturated carbocycles. The Morgan fingerprint density at radius 2 is 2.03 bits per heavy atom. The summed E-state index contributed by atoms with van der Waals surface area (Å²) in [5, 5.41) is 3.38. The molecule has 2 aliphatic heterocycles. The van der Waals surface area contributed by atoms with Crippen LogP contribution in [0.25, 0.3) is 5.69 Å². The molecular weight excluding hydrogens is 470 g/mol. The number of aryl methyl sites for hydroxylation is 1. The summed E-state index contributed by atoms with van der Waals surface area (Å²) in [5.74, 6) is 2.34. The summed E-state index contributed by atoms with van der Waals surface area (Å²) in [6.07, 6.45) is 5.01. The van der Waals surface area contributed by atoms with Gasteiger partial charge in [0, 0.05) is 45.1 Å². The van der Waals surface area contributed by atoms with Crippen LogP contribution in [-0.2, 0) is 16.0 Å². The van der Waals surface area contributed by atoms with Crippen LogP contribution in [0.4, 0.5) is 23.1 Å². The molecule has 0 bridgehead atoms. The molecule has 1 aromatic carbocycles. The number of carbonyl (C=O) groups excluding carboxylic acids is 1. The minimum Gasteiger partial charge on any atom is -0.494 e. The molecule has 196 valence electrons. The molecule has 37 heavy (non-hydrogen) atoms. The number of hydrogen-bond donors (Lipinski definition) is 1. The first-order valence-electron chi connectivity index (χ1n) is 12.6. The Morgan fingerprint density at radius 1 is 1.24 bits per heavy atom. The molecule has 10 nitrogen and oxygen atoms in total. The molecule has 2 atom stereocenters. The van der Waals surface area contributed by atoms with E-state index in [4.69, 9.17) is 19.4 Å². The molecule has 1 saturated heterocycles. The zero-order chi connectivity index (χ0) is 26.5. The third-order valence-electron chi connectivity index (χ3n) is 7.26. The molecule has 2 aromatic heterocycles. The molecule has 3 aromatic rings. The monoisotopic (exact) mass is 505 g/mol. The fourth-order valence-corrected chi connectivity index (χ4v) is 5.42. The first-order valence-corrected chi connectivity index (χ1v) is 12.6. The number of hydrogen-bond acceptors (Lipinski definition) is 8. The van der Waals surface area contributed by atoms with E-state index < -0.39 is 5.54 Å². The first kappa shape index (κ1) is 25.0. The molecule has 0 aliphatic carbocycles. The van der Waals surface area contributed by atoms with E-state index in [0.717, 1.165) is 40.7 Å². The molecule has 0 radical (unpaired) electrons. The van der Waals surface area contributed by atoms with Crippen molar-refractivity contribution < 1.29 is 14.3 Å². The van der Waals surface area contributed by atoms with Gasteiger partial charge in [0.25, 0.3) is 5.91 Å². The molecular formula is C27H35N7O3. The fraction of sp³-hybridized carbons (Fsp3) is 0.481. The Balaban J connectivity index is 1.56. The Morgan fingerprint density at radius 3 is 2.68 bits per heavy atom. The van der Waals surface area contributed by atoms with Crippen LogP contribution in [0.3, 0.4) is 0 Å². The summed E-state index contributed by atoms with van der Waals surface area (Å²) < 4.78 is 13.3. The van der Waals surface area contributed by atoms with Crippen molar-refractivity contribution in [3.63, 3.8) is 0 Å². The van der Waals surface area contributed by atoms with E-state index in [1.807, 2.05) is 49.9 Å². The van der Waals surface area contributed by atoms with Gasteiger partial charge < -0.3 is 29.2 Å². The van der Waals surface area contributed by atoms with Crippen molar-refractivity contribution >= 4 is 29.0 Å². The van der Waals surface area contributed by atoms with E-state index in [1.165, 1.54) is 0 Å². The molecule has 1 amide bonds. The van der Waals surface area contributed by atoms with Crippen molar-refractivity contribution in [2.75, 3.05) is 42.9 Å². The Kier molecular flexibility index (Phi) is 6.31. The van der Waals surface area contributed by atoms with Gasteiger partial charge in [-0.2, -0.15) is 4.98 Å². The zero-order valence-electron chi connectivity index (χ0n) is 22.6. The standard InChI is InChI=1S/C27H35N7O3/c1-16(2)10-20-23-24(34-14-19(36-6)12-27(34,4)25(35)32(23)5)31-26(30-20)29-18-8-9-21(22(11-18)37-7)33-13-17(3)28-15-33/h8-9,11,13,15-16,19H,10,12,14H2,1-7H3,(H,29,30,31)/t19-,27-/m1/s1. The predicted octanol–water partition coefficient (Wildman–Crippen LogP) is 3.88. The number of nitrogens with zero attached hydrogens (tertiary/aromatic N) is 6. The third-order valence-corrected chi connectivity index (χ3v) is 7.26. The van der Waals surface area contributed by atoms with Gasteiger partial charge in [-0.05, 0) is 38.3 Å². The molecule has 5 rings (SSSR count). The van der Waals surface area contributed by atoms with Gasteiger partial charge in [-0.15, -0.1) is 0 Å². The molecule has 1 N–H and O–H groups in total. The highest BCUT2D eigenvalue weighted by Gasteiger charge is 2.54. The summed E-state index contributed by atoms with van der Waals surface area (Å²) in [7, 11) is 5.17. The number of carbonyl (C=O) groups is 1. The number of likely N-dealkylation sites (N-methyl/N-ethyl adjacent to an activating group) is 1. The van der Waals surface area contributed by atoms with Crippen LogP contribution >= 0.6 is 0 Å². The number of fused-ring (bicyclic) bond motifs is 3. The van der Waals surface area contributed by atoms with Crippen LogP contribution in [0.5, 0.6) is 5.75 Å². The summed E-state index contributed by atoms with van der Waals surface area (Å²) in [6.45, 7) is 8.83. The molecule has 0 unspecified atom stereocenters. The van der Waals surface area contributed by atoms with Crippen LogP contribution in [-0.4, -0.2) is 64.9 Å². The van der Waals surface area contributed by atoms with E-state index in [1.54, 1.807) is 25.4 Å². The highest BCUT2D eigenvalue weighted by Crippen LogP contribution is 2.46. The van der Waals surface area contributed by atoms with Crippen LogP contribution in [0, 0.1) is 12.8 Å². The number of amides is 1. The largest absolute Gasteiger partial charge is 0.494 e. The Bertz CT molecular complexity index is 1340. The molecule has 0 spiro atoms. The van der Waals surface area contributed by atoms with Gasteiger partial charge in [0.15, 0.2) is 5.82 Å². The van der Waals surface area contributed by atoms with Crippen LogP contribution in [0.1, 0.15) is 38.6 Å². The van der Waals surface area contributed by atoms with Gasteiger partial charge in [-0.1, -0.05) is 13.8 Å². The lowest BCUT2D eigenvalue weighted by molar-refractivity contribution is -0.123. The van der Waals surface area contributed by atoms with Gasteiger partial charge in [-0.3, -0.25) is 4.79 Å². The SMILES string of the molecule is COc1cc(Nc2nc(CC(C)C)c3c(n2)N2C[C@H](OC)C[C@]2(C)C(=O)N3C)ccc1-n1cnc(C)c1. The third kappa shape index (κ3) is 4.29. The van der Waals surface area contributed by atoms with Gasteiger partial charge in [0.2, 0.25) is 5.95 Å². The van der Waals surface area contributed by atoms with Gasteiger partial charge >= 0.3 is 0 Å². The lowest BCUT2D eigenvalue weighted by Crippen LogP contribution is -2.58. The van der Waals surface area contributed by atoms with Crippen LogP contribution < -0.4 is 19.9 Å². The van der Waals surface area contributed by atoms with E-state index >= 15 is 0 Å². The number of benzene rings is 1. The fourth-order valence-electron chi connectivity index (χ4n) is 5.42. The molecule has 10 heteroatoms. The van der Waals surface area contributed by atoms with Crippen molar-refractivity contribution in [1.29, 1.82) is 0 Å². The molecule has 2 aliphatic rings. The topological polar surface area (TPSA) is 97.6 Å². The molecule has 1 fully saturated rings. The van der Waals surface area contributed by atoms with Gasteiger partial charge in [0.1, 0.15) is 17.0 Å². The van der Waals surface area contributed by atoms with Gasteiger partial charge in [0.05, 0.1) is 36.6 Å². The number of aromatic nitrogens is 4. The maximum atomic E-state index is 13.5. The number of rotatable bonds is 7. The predicted molar refractivity (Wildman–Crippen MR) is 143 cm³/mol. The zero-order valence-corrected chi connectivity index (χ0v) is 22.6. The Labute approximate surface area is 217 Å². The summed E-state index contributed by atoms with van der Waals surface area (Å²) >= 11 is 0. The lowest BCUT2D eigenvalue weighted by Gasteiger charge is -2.44. The summed E-state index contributed by atoms with van der Waals surface area (Å²) in [6, 6.07) is 5.86. The smallest absolute Gasteiger partial charge is 0.252 e. The maximum Gasteiger partial charge on any atom is 0.252 e. The number of methoxy groups -OCH3 is 2. The van der Waals surface area contributed by atoms with Crippen molar-refractivity contribution in [3.05, 3.63) is 42.1 Å². The van der Waals surface area contributed by atoms with Crippen LogP contribution in [0.15, 0.2) is 30.7 Å². The maximum absolute atomic E-state index is 13.5. The summed E-state index contributed by atoms with van der Waals surface area (Å²) in [4.78, 5) is 31.5. The number of ether oxygens (including phenoxy) is 2. The van der Waals surface area contributed by atoms with Crippen molar-refractivity contribution in [1.82, 2.24) is 19.5 Å². The second-order valence-electron chi connectivity index (χ2n) is 10.5. The highest BCUT2D eigenvalue weighted by atomic mass is 16.5. The quantitative estimate of drug-likeness (QED) is 0.517. The van der Waals surface area contributed by atoms with Crippen molar-refractivity contribution in [2.24, 2.45) is 5.92 Å². The highest BCUT2D eigenvalue weighted by molar-refractivity contribution is 6.08. The van der Waals surface area contributed by atoms with Gasteiger partial charge in [-0.25, -0.2) is 9.97 Å². The number of anilines is 4. The van der Waals surface area contributed by atoms with E-state index in [-0.39, 0.29) is 12.0 Å². The minimum absolute atomic E-state index is 0.0446. The van der Waals surface area contributed by atoms with Crippen molar-refractivity contribution in [3.8, 4) is 11.4 Å². The first-order chi connectivity index (χ1) is 17.6. The molecule has 4 heterocycles. The van der Waals surface area contributed by atoms with Crippen LogP contribution in [0.2, 0.25) is 0 Å². The normalized spacial score (nSPS) is 20.9. The van der Waals surface area contributed by atoms with Crippen molar-refractivity contribution in [2.45, 2.75) is 52.2 Å². The average Bonchev–Trinajstić information content (AvgIpc) is 3.45. The summed E-state index contributed by atoms with van der Waals surface area (Å²) in [5.41, 5.74) is 3.53. The van der Waals surface area contributed by atoms with E-state index in [0.29, 0.717) is 30.6 Å². The number of nitrogens with one attached hydrogen (secondary N) is 1. The van der Waals surface area contributed by atoms with E-state index in [2.05, 4.69) is 29.0 Å². The second kappa shape index (κ2) is 9.33. The minimum atomic E-state index is -0.711. The van der Waals surface area contributed by atoms with E-state index in [9.17, 15) is 4.79 Å².